The van der Waals surface area contributed by atoms with E-state index in [0.717, 1.165) is 0 Å². The van der Waals surface area contributed by atoms with Crippen LogP contribution in [0.2, 0.25) is 58.9 Å². The number of rotatable bonds is 0. The van der Waals surface area contributed by atoms with Crippen LogP contribution < -0.4 is 0 Å². The van der Waals surface area contributed by atoms with Crippen molar-refractivity contribution in [1.29, 1.82) is 0 Å². The molecule has 0 atom stereocenters. The zero-order valence-corrected chi connectivity index (χ0v) is 13.5. The third-order valence-corrected chi connectivity index (χ3v) is 0. The van der Waals surface area contributed by atoms with Crippen LogP contribution in [0.4, 0.5) is 0 Å². The van der Waals surface area contributed by atoms with Crippen LogP contribution in [0.1, 0.15) is 0 Å². The summed E-state index contributed by atoms with van der Waals surface area (Å²) in [5, 5.41) is 0. The lowest BCUT2D eigenvalue weighted by Crippen LogP contribution is -1.84. The van der Waals surface area contributed by atoms with E-state index < -0.39 is 0 Å². The molecule has 0 fully saturated rings. The van der Waals surface area contributed by atoms with Crippen LogP contribution in [0.3, 0.4) is 0 Å². The quantitative estimate of drug-likeness (QED) is 0.581. The van der Waals surface area contributed by atoms with E-state index in [9.17, 15) is 0 Å². The molecule has 0 bridgehead atoms. The van der Waals surface area contributed by atoms with Crippen molar-refractivity contribution in [1.82, 2.24) is 0 Å². The predicted octanol–water partition coefficient (Wildman–Crippen LogP) is 2.66. The lowest BCUT2D eigenvalue weighted by Gasteiger charge is -1.75. The van der Waals surface area contributed by atoms with Crippen molar-refractivity contribution >= 4 is 37.4 Å². The molecule has 0 saturated heterocycles. The third-order valence-electron chi connectivity index (χ3n) is 0. The van der Waals surface area contributed by atoms with Gasteiger partial charge in [-0.05, 0) is 11.0 Å². The zero-order chi connectivity index (χ0) is 10.7. The van der Waals surface area contributed by atoms with Gasteiger partial charge in [0.15, 0.2) is 0 Å². The van der Waals surface area contributed by atoms with Crippen molar-refractivity contribution in [2.75, 3.05) is 0 Å². The lowest BCUT2D eigenvalue weighted by molar-refractivity contribution is 1.91. The minimum atomic E-state index is 0. The van der Waals surface area contributed by atoms with E-state index in [1.54, 1.807) is 0 Å². The highest BCUT2D eigenvalue weighted by atomic mass is 28.3. The Morgan fingerprint density at radius 2 is 0.385 bits per heavy atom. The summed E-state index contributed by atoms with van der Waals surface area (Å²) < 4.78 is 0. The monoisotopic (exact) mass is 251 g/mol. The second-order valence-corrected chi connectivity index (χ2v) is 13.5. The van der Waals surface area contributed by atoms with E-state index in [1.807, 2.05) is 0 Å². The fourth-order valence-electron chi connectivity index (χ4n) is 0. The summed E-state index contributed by atoms with van der Waals surface area (Å²) in [6, 6.07) is 0. The SMILES string of the molecule is C[Si](C)C.C[Si](C)C.C[Si](C)C.[SiH4]. The molecule has 13 heavy (non-hydrogen) atoms. The van der Waals surface area contributed by atoms with Gasteiger partial charge < -0.3 is 0 Å². The molecule has 83 valence electrons. The first kappa shape index (κ1) is 23.6. The maximum Gasteiger partial charge on any atom is 0.0379 e. The van der Waals surface area contributed by atoms with Gasteiger partial charge in [0.1, 0.15) is 0 Å². The fraction of sp³-hybridized carbons (Fsp3) is 1.00. The lowest BCUT2D eigenvalue weighted by atomic mass is 11.8. The van der Waals surface area contributed by atoms with Gasteiger partial charge in [0.2, 0.25) is 0 Å². The summed E-state index contributed by atoms with van der Waals surface area (Å²) in [6.45, 7) is 20.4. The molecule has 3 radical (unpaired) electrons. The van der Waals surface area contributed by atoms with Crippen molar-refractivity contribution in [2.24, 2.45) is 0 Å². The Kier molecular flexibility index (Phi) is 33.8. The van der Waals surface area contributed by atoms with Gasteiger partial charge in [0.25, 0.3) is 0 Å². The Morgan fingerprint density at radius 1 is 0.385 bits per heavy atom. The Labute approximate surface area is 96.4 Å². The Balaban J connectivity index is -0.0000000450. The van der Waals surface area contributed by atoms with Crippen LogP contribution in [-0.2, 0) is 0 Å². The fourth-order valence-corrected chi connectivity index (χ4v) is 0. The molecule has 0 aromatic rings. The molecule has 0 nitrogen and oxygen atoms in total. The summed E-state index contributed by atoms with van der Waals surface area (Å²) in [5.74, 6) is 0. The second kappa shape index (κ2) is 18.6. The van der Waals surface area contributed by atoms with Gasteiger partial charge >= 0.3 is 0 Å². The first-order valence-corrected chi connectivity index (χ1v) is 13.5. The van der Waals surface area contributed by atoms with Gasteiger partial charge in [-0.2, -0.15) is 0 Å². The van der Waals surface area contributed by atoms with Crippen LogP contribution in [0, 0.1) is 0 Å². The molecule has 0 heterocycles. The summed E-state index contributed by atoms with van der Waals surface area (Å²) in [4.78, 5) is 0. The van der Waals surface area contributed by atoms with Gasteiger partial charge in [0.05, 0.1) is 0 Å². The summed E-state index contributed by atoms with van der Waals surface area (Å²) in [7, 11) is 0.361. The molecule has 0 saturated carbocycles. The highest BCUT2D eigenvalue weighted by molar-refractivity contribution is 6.54. The minimum Gasteiger partial charge on any atom is -0.0715 e. The predicted molar refractivity (Wildman–Crippen MR) is 81.4 cm³/mol. The van der Waals surface area contributed by atoms with Crippen molar-refractivity contribution in [3.05, 3.63) is 0 Å². The molecule has 0 aromatic carbocycles. The van der Waals surface area contributed by atoms with Crippen LogP contribution >= 0.6 is 0 Å². The van der Waals surface area contributed by atoms with Gasteiger partial charge in [0, 0.05) is 26.4 Å². The van der Waals surface area contributed by atoms with Gasteiger partial charge in [-0.15, -0.1) is 0 Å². The van der Waals surface area contributed by atoms with Gasteiger partial charge in [-0.1, -0.05) is 58.9 Å². The zero-order valence-electron chi connectivity index (χ0n) is 10.5. The highest BCUT2D eigenvalue weighted by Crippen LogP contribution is 1.68. The van der Waals surface area contributed by atoms with Crippen molar-refractivity contribution in [3.8, 4) is 0 Å². The molecule has 0 rings (SSSR count). The Hall–Kier alpha value is 0.868. The van der Waals surface area contributed by atoms with Crippen molar-refractivity contribution < 1.29 is 0 Å². The average molecular weight is 252 g/mol. The van der Waals surface area contributed by atoms with Gasteiger partial charge in [-0.3, -0.25) is 0 Å². The molecular weight excluding hydrogens is 220 g/mol. The first-order valence-electron chi connectivity index (χ1n) is 4.50. The minimum absolute atomic E-state index is 0. The van der Waals surface area contributed by atoms with E-state index in [1.165, 1.54) is 0 Å². The smallest absolute Gasteiger partial charge is 0.0379 e. The molecular formula is C9H31Si4. The molecule has 0 aromatic heterocycles. The maximum absolute atomic E-state index is 2.27. The van der Waals surface area contributed by atoms with E-state index >= 15 is 0 Å². The Bertz CT molecular complexity index is 40.1. The molecule has 0 N–H and O–H groups in total. The highest BCUT2D eigenvalue weighted by Gasteiger charge is 1.72. The molecule has 0 unspecified atom stereocenters. The first-order chi connectivity index (χ1) is 5.20. The molecule has 0 aliphatic heterocycles. The van der Waals surface area contributed by atoms with Crippen LogP contribution in [0.25, 0.3) is 0 Å². The van der Waals surface area contributed by atoms with Crippen LogP contribution in [-0.4, -0.2) is 37.4 Å². The van der Waals surface area contributed by atoms with Crippen molar-refractivity contribution in [3.63, 3.8) is 0 Å². The molecule has 4 heteroatoms. The van der Waals surface area contributed by atoms with Crippen molar-refractivity contribution in [2.45, 2.75) is 58.9 Å². The standard InChI is InChI=1S/3C3H9Si.H4Si/c3*1-4(2)3;/h3*1-3H3;1H4. The summed E-state index contributed by atoms with van der Waals surface area (Å²) >= 11 is 0. The van der Waals surface area contributed by atoms with E-state index in [-0.39, 0.29) is 37.4 Å². The molecule has 0 aliphatic carbocycles. The summed E-state index contributed by atoms with van der Waals surface area (Å²) in [6.07, 6.45) is 0. The number of hydrogen-bond donors (Lipinski definition) is 0. The maximum atomic E-state index is 2.27. The van der Waals surface area contributed by atoms with Crippen LogP contribution in [0.15, 0.2) is 0 Å². The molecule has 0 amide bonds. The Morgan fingerprint density at radius 3 is 0.385 bits per heavy atom. The normalized spacial score (nSPS) is 8.31. The molecule has 0 aliphatic rings. The second-order valence-electron chi connectivity index (χ2n) is 4.50. The summed E-state index contributed by atoms with van der Waals surface area (Å²) in [5.41, 5.74) is 0. The van der Waals surface area contributed by atoms with E-state index in [0.29, 0.717) is 0 Å². The van der Waals surface area contributed by atoms with Gasteiger partial charge in [-0.25, -0.2) is 0 Å². The topological polar surface area (TPSA) is 0 Å². The largest absolute Gasteiger partial charge is 0.0715 e. The van der Waals surface area contributed by atoms with E-state index in [4.69, 9.17) is 0 Å². The van der Waals surface area contributed by atoms with Crippen LogP contribution in [0.5, 0.6) is 0 Å². The average Bonchev–Trinajstić information content (AvgIpc) is 1.54. The molecule has 0 spiro atoms. The third kappa shape index (κ3) is 2020. The number of hydrogen-bond acceptors (Lipinski definition) is 0. The van der Waals surface area contributed by atoms with E-state index in [2.05, 4.69) is 58.9 Å².